The van der Waals surface area contributed by atoms with E-state index in [1.807, 2.05) is 17.0 Å². The summed E-state index contributed by atoms with van der Waals surface area (Å²) in [6.07, 6.45) is 3.94. The van der Waals surface area contributed by atoms with Crippen LogP contribution in [0.25, 0.3) is 11.4 Å². The van der Waals surface area contributed by atoms with E-state index in [1.54, 1.807) is 12.4 Å². The molecule has 154 valence electrons. The third-order valence-corrected chi connectivity index (χ3v) is 5.64. The van der Waals surface area contributed by atoms with E-state index in [1.165, 1.54) is 11.1 Å². The van der Waals surface area contributed by atoms with Gasteiger partial charge >= 0.3 is 0 Å². The first-order chi connectivity index (χ1) is 14.8. The molecular formula is C22H23N5O3. The van der Waals surface area contributed by atoms with Gasteiger partial charge in [0.15, 0.2) is 6.10 Å². The van der Waals surface area contributed by atoms with Gasteiger partial charge in [-0.1, -0.05) is 29.4 Å². The first kappa shape index (κ1) is 18.9. The Hall–Kier alpha value is -3.10. The van der Waals surface area contributed by atoms with Gasteiger partial charge in [0.1, 0.15) is 0 Å². The number of amides is 1. The van der Waals surface area contributed by atoms with Crippen molar-refractivity contribution in [1.29, 1.82) is 0 Å². The van der Waals surface area contributed by atoms with Gasteiger partial charge in [0, 0.05) is 37.6 Å². The lowest BCUT2D eigenvalue weighted by atomic mass is 10.00. The molecule has 0 N–H and O–H groups in total. The Morgan fingerprint density at radius 1 is 1.10 bits per heavy atom. The summed E-state index contributed by atoms with van der Waals surface area (Å²) in [5.41, 5.74) is 3.52. The number of morpholine rings is 1. The SMILES string of the molecule is O=C(CN1CCc2ccccc2C1)N1CCO[C@@H](c2nc(-c3ccncc3)no2)C1. The van der Waals surface area contributed by atoms with Crippen LogP contribution < -0.4 is 0 Å². The minimum atomic E-state index is -0.409. The Kier molecular flexibility index (Phi) is 5.25. The monoisotopic (exact) mass is 405 g/mol. The lowest BCUT2D eigenvalue weighted by molar-refractivity contribution is -0.141. The quantitative estimate of drug-likeness (QED) is 0.657. The molecule has 4 heterocycles. The predicted molar refractivity (Wildman–Crippen MR) is 108 cm³/mol. The Morgan fingerprint density at radius 3 is 2.80 bits per heavy atom. The number of ether oxygens (including phenoxy) is 1. The van der Waals surface area contributed by atoms with Gasteiger partial charge in [0.2, 0.25) is 11.7 Å². The lowest BCUT2D eigenvalue weighted by Crippen LogP contribution is -2.47. The molecule has 0 spiro atoms. The summed E-state index contributed by atoms with van der Waals surface area (Å²) in [5, 5.41) is 4.04. The van der Waals surface area contributed by atoms with Crippen molar-refractivity contribution in [2.24, 2.45) is 0 Å². The molecular weight excluding hydrogens is 382 g/mol. The average Bonchev–Trinajstić information content (AvgIpc) is 3.30. The third-order valence-electron chi connectivity index (χ3n) is 5.64. The van der Waals surface area contributed by atoms with Crippen LogP contribution in [0, 0.1) is 0 Å². The molecule has 1 atom stereocenters. The van der Waals surface area contributed by atoms with Gasteiger partial charge in [-0.3, -0.25) is 14.7 Å². The summed E-state index contributed by atoms with van der Waals surface area (Å²) in [4.78, 5) is 25.4. The topological polar surface area (TPSA) is 84.6 Å². The van der Waals surface area contributed by atoms with Crippen molar-refractivity contribution in [1.82, 2.24) is 24.9 Å². The van der Waals surface area contributed by atoms with E-state index in [4.69, 9.17) is 9.26 Å². The fourth-order valence-corrected chi connectivity index (χ4v) is 3.99. The minimum Gasteiger partial charge on any atom is -0.365 e. The number of rotatable bonds is 4. The van der Waals surface area contributed by atoms with Crippen LogP contribution in [-0.4, -0.2) is 63.6 Å². The molecule has 1 aromatic carbocycles. The fraction of sp³-hybridized carbons (Fsp3) is 0.364. The van der Waals surface area contributed by atoms with E-state index in [0.717, 1.165) is 25.1 Å². The largest absolute Gasteiger partial charge is 0.365 e. The van der Waals surface area contributed by atoms with Crippen molar-refractivity contribution in [3.8, 4) is 11.4 Å². The molecule has 30 heavy (non-hydrogen) atoms. The summed E-state index contributed by atoms with van der Waals surface area (Å²) >= 11 is 0. The molecule has 5 rings (SSSR count). The number of pyridine rings is 1. The average molecular weight is 405 g/mol. The summed E-state index contributed by atoms with van der Waals surface area (Å²) in [5.74, 6) is 0.995. The molecule has 0 unspecified atom stereocenters. The van der Waals surface area contributed by atoms with Crippen LogP contribution in [0.1, 0.15) is 23.1 Å². The van der Waals surface area contributed by atoms with Crippen LogP contribution in [0.3, 0.4) is 0 Å². The van der Waals surface area contributed by atoms with Gasteiger partial charge in [-0.05, 0) is 29.7 Å². The maximum absolute atomic E-state index is 12.9. The fourth-order valence-electron chi connectivity index (χ4n) is 3.99. The third kappa shape index (κ3) is 3.96. The molecule has 2 aliphatic rings. The Labute approximate surface area is 174 Å². The van der Waals surface area contributed by atoms with Crippen LogP contribution in [0.2, 0.25) is 0 Å². The van der Waals surface area contributed by atoms with Crippen LogP contribution >= 0.6 is 0 Å². The molecule has 0 radical (unpaired) electrons. The summed E-state index contributed by atoms with van der Waals surface area (Å²) in [6.45, 7) is 3.57. The number of hydrogen-bond donors (Lipinski definition) is 0. The molecule has 0 saturated carbocycles. The van der Waals surface area contributed by atoms with Crippen molar-refractivity contribution < 1.29 is 14.1 Å². The van der Waals surface area contributed by atoms with Crippen molar-refractivity contribution in [2.75, 3.05) is 32.8 Å². The maximum Gasteiger partial charge on any atom is 0.257 e. The highest BCUT2D eigenvalue weighted by molar-refractivity contribution is 5.78. The Balaban J connectivity index is 1.22. The highest BCUT2D eigenvalue weighted by Crippen LogP contribution is 2.24. The predicted octanol–water partition coefficient (Wildman–Crippen LogP) is 2.09. The van der Waals surface area contributed by atoms with Crippen LogP contribution in [0.4, 0.5) is 0 Å². The van der Waals surface area contributed by atoms with Gasteiger partial charge < -0.3 is 14.2 Å². The molecule has 2 aromatic heterocycles. The van der Waals surface area contributed by atoms with Gasteiger partial charge in [-0.2, -0.15) is 4.98 Å². The molecule has 8 nitrogen and oxygen atoms in total. The normalized spacial score (nSPS) is 19.5. The van der Waals surface area contributed by atoms with Crippen molar-refractivity contribution >= 4 is 5.91 Å². The molecule has 2 aliphatic heterocycles. The van der Waals surface area contributed by atoms with Gasteiger partial charge in [-0.15, -0.1) is 0 Å². The second kappa shape index (κ2) is 8.33. The van der Waals surface area contributed by atoms with Gasteiger partial charge in [0.25, 0.3) is 5.89 Å². The van der Waals surface area contributed by atoms with Crippen LogP contribution in [0.15, 0.2) is 53.3 Å². The minimum absolute atomic E-state index is 0.108. The number of aromatic nitrogens is 3. The number of fused-ring (bicyclic) bond motifs is 1. The maximum atomic E-state index is 12.9. The zero-order valence-corrected chi connectivity index (χ0v) is 16.6. The van der Waals surface area contributed by atoms with E-state index in [9.17, 15) is 4.79 Å². The van der Waals surface area contributed by atoms with Crippen molar-refractivity contribution in [3.05, 3.63) is 65.8 Å². The smallest absolute Gasteiger partial charge is 0.257 e. The van der Waals surface area contributed by atoms with Gasteiger partial charge in [0.05, 0.1) is 19.7 Å². The molecule has 1 fully saturated rings. The molecule has 1 saturated heterocycles. The molecule has 3 aromatic rings. The zero-order valence-electron chi connectivity index (χ0n) is 16.6. The van der Waals surface area contributed by atoms with Crippen LogP contribution in [0.5, 0.6) is 0 Å². The van der Waals surface area contributed by atoms with E-state index < -0.39 is 6.10 Å². The standard InChI is InChI=1S/C22H23N5O3/c28-20(15-26-10-7-16-3-1-2-4-18(16)13-26)27-11-12-29-19(14-27)22-24-21(25-30-22)17-5-8-23-9-6-17/h1-6,8-9,19H,7,10-15H2/t19-/m1/s1. The summed E-state index contributed by atoms with van der Waals surface area (Å²) in [6, 6.07) is 12.1. The number of nitrogens with zero attached hydrogens (tertiary/aromatic N) is 5. The Morgan fingerprint density at radius 2 is 1.93 bits per heavy atom. The molecule has 0 aliphatic carbocycles. The van der Waals surface area contributed by atoms with E-state index in [2.05, 4.69) is 44.3 Å². The number of benzene rings is 1. The Bertz CT molecular complexity index is 1020. The highest BCUT2D eigenvalue weighted by atomic mass is 16.5. The first-order valence-corrected chi connectivity index (χ1v) is 10.2. The van der Waals surface area contributed by atoms with E-state index in [0.29, 0.717) is 38.0 Å². The number of carbonyl (C=O) groups is 1. The van der Waals surface area contributed by atoms with E-state index in [-0.39, 0.29) is 5.91 Å². The summed E-state index contributed by atoms with van der Waals surface area (Å²) < 4.78 is 11.2. The lowest BCUT2D eigenvalue weighted by Gasteiger charge is -2.34. The van der Waals surface area contributed by atoms with Gasteiger partial charge in [-0.25, -0.2) is 0 Å². The molecule has 0 bridgehead atoms. The highest BCUT2D eigenvalue weighted by Gasteiger charge is 2.30. The summed E-state index contributed by atoms with van der Waals surface area (Å²) in [7, 11) is 0. The van der Waals surface area contributed by atoms with Crippen molar-refractivity contribution in [2.45, 2.75) is 19.1 Å². The number of hydrogen-bond acceptors (Lipinski definition) is 7. The zero-order chi connectivity index (χ0) is 20.3. The second-order valence-corrected chi connectivity index (χ2v) is 7.62. The van der Waals surface area contributed by atoms with Crippen LogP contribution in [-0.2, 0) is 22.5 Å². The second-order valence-electron chi connectivity index (χ2n) is 7.62. The first-order valence-electron chi connectivity index (χ1n) is 10.2. The number of carbonyl (C=O) groups excluding carboxylic acids is 1. The van der Waals surface area contributed by atoms with Crippen molar-refractivity contribution in [3.63, 3.8) is 0 Å². The molecule has 8 heteroatoms. The van der Waals surface area contributed by atoms with E-state index >= 15 is 0 Å². The molecule has 1 amide bonds.